The Morgan fingerprint density at radius 3 is 1.95 bits per heavy atom. The summed E-state index contributed by atoms with van der Waals surface area (Å²) in [5.41, 5.74) is 10.9. The summed E-state index contributed by atoms with van der Waals surface area (Å²) in [6, 6.07) is 36.1. The van der Waals surface area contributed by atoms with Crippen LogP contribution >= 0.6 is 0 Å². The maximum absolute atomic E-state index is 14.3. The molecule has 0 amide bonds. The minimum absolute atomic E-state index is 0.163. The quantitative estimate of drug-likeness (QED) is 0.216. The lowest BCUT2D eigenvalue weighted by Crippen LogP contribution is -2.31. The first kappa shape index (κ1) is 28.6. The molecule has 6 rings (SSSR count). The van der Waals surface area contributed by atoms with E-state index in [2.05, 4.69) is 88.4 Å². The minimum atomic E-state index is -0.802. The van der Waals surface area contributed by atoms with Crippen LogP contribution in [0.1, 0.15) is 68.9 Å². The highest BCUT2D eigenvalue weighted by molar-refractivity contribution is 6.01. The van der Waals surface area contributed by atoms with Gasteiger partial charge in [-0.05, 0) is 88.6 Å². The summed E-state index contributed by atoms with van der Waals surface area (Å²) >= 11 is 0. The predicted molar refractivity (Wildman–Crippen MR) is 173 cm³/mol. The summed E-state index contributed by atoms with van der Waals surface area (Å²) in [5.74, 6) is -0.520. The molecule has 1 atom stereocenters. The second-order valence-electron chi connectivity index (χ2n) is 12.2. The Bertz CT molecular complexity index is 1790. The highest BCUT2D eigenvalue weighted by Crippen LogP contribution is 2.71. The normalized spacial score (nSPS) is 19.6. The van der Waals surface area contributed by atoms with E-state index in [4.69, 9.17) is 4.74 Å². The fourth-order valence-corrected chi connectivity index (χ4v) is 7.81. The number of fused-ring (bicyclic) bond motifs is 3. The first-order chi connectivity index (χ1) is 20.7. The molecule has 2 aliphatic rings. The molecule has 0 bridgehead atoms. The second kappa shape index (κ2) is 11.0. The number of rotatable bonds is 6. The van der Waals surface area contributed by atoms with Gasteiger partial charge in [-0.25, -0.2) is 4.39 Å². The van der Waals surface area contributed by atoms with Crippen LogP contribution in [-0.2, 0) is 14.9 Å². The van der Waals surface area contributed by atoms with Gasteiger partial charge in [0, 0.05) is 5.41 Å². The summed E-state index contributed by atoms with van der Waals surface area (Å²) in [5, 5.41) is 0. The lowest BCUT2D eigenvalue weighted by atomic mass is 9.68. The van der Waals surface area contributed by atoms with Crippen molar-refractivity contribution in [3.8, 4) is 0 Å². The molecule has 4 aromatic rings. The van der Waals surface area contributed by atoms with Crippen molar-refractivity contribution in [1.82, 2.24) is 0 Å². The highest BCUT2D eigenvalue weighted by Gasteiger charge is 2.62. The number of ether oxygens (including phenoxy) is 1. The molecule has 1 unspecified atom stereocenters. The zero-order valence-corrected chi connectivity index (χ0v) is 25.5. The molecule has 43 heavy (non-hydrogen) atoms. The molecule has 0 saturated heterocycles. The molecule has 4 aromatic carbocycles. The average molecular weight is 569 g/mol. The fraction of sp³-hybridized carbons (Fsp3) is 0.225. The van der Waals surface area contributed by atoms with E-state index in [9.17, 15) is 9.18 Å². The zero-order valence-electron chi connectivity index (χ0n) is 25.5. The van der Waals surface area contributed by atoms with Crippen LogP contribution in [0.4, 0.5) is 4.39 Å². The standard InChI is InChI=1S/C40H37FO2/c1-6-43-33(42)25-40-32-20-14-13-19-31(32)35(28-17-11-8-12-18-28)38(40)39(4,5)36(26(2)3)37(40)34(27-15-9-7-10-16-27)29-21-23-30(41)24-22-29/h7-24H,6,25H2,1-5H3/b37-34+. The van der Waals surface area contributed by atoms with Gasteiger partial charge in [0.25, 0.3) is 0 Å². The molecule has 0 heterocycles. The van der Waals surface area contributed by atoms with E-state index in [1.165, 1.54) is 34.4 Å². The number of allylic oxidation sites excluding steroid dienone is 4. The van der Waals surface area contributed by atoms with Crippen LogP contribution in [0.3, 0.4) is 0 Å². The molecule has 0 spiro atoms. The van der Waals surface area contributed by atoms with Gasteiger partial charge in [0.1, 0.15) is 5.82 Å². The Hall–Kier alpha value is -4.50. The van der Waals surface area contributed by atoms with Crippen LogP contribution in [-0.4, -0.2) is 12.6 Å². The Balaban J connectivity index is 1.88. The van der Waals surface area contributed by atoms with Crippen molar-refractivity contribution in [2.75, 3.05) is 6.61 Å². The first-order valence-electron chi connectivity index (χ1n) is 15.0. The topological polar surface area (TPSA) is 26.3 Å². The molecule has 0 radical (unpaired) electrons. The summed E-state index contributed by atoms with van der Waals surface area (Å²) in [6.45, 7) is 11.1. The van der Waals surface area contributed by atoms with E-state index < -0.39 is 10.8 Å². The van der Waals surface area contributed by atoms with Crippen molar-refractivity contribution >= 4 is 17.1 Å². The van der Waals surface area contributed by atoms with Gasteiger partial charge in [-0.15, -0.1) is 0 Å². The van der Waals surface area contributed by atoms with E-state index in [0.29, 0.717) is 6.61 Å². The van der Waals surface area contributed by atoms with Gasteiger partial charge in [0.2, 0.25) is 0 Å². The van der Waals surface area contributed by atoms with Crippen LogP contribution < -0.4 is 0 Å². The second-order valence-corrected chi connectivity index (χ2v) is 12.2. The van der Waals surface area contributed by atoms with Gasteiger partial charge in [-0.1, -0.05) is 116 Å². The van der Waals surface area contributed by atoms with Crippen LogP contribution in [0, 0.1) is 11.2 Å². The molecule has 0 N–H and O–H groups in total. The van der Waals surface area contributed by atoms with Crippen molar-refractivity contribution in [2.24, 2.45) is 5.41 Å². The number of carbonyl (C=O) groups excluding carboxylic acids is 1. The lowest BCUT2D eigenvalue weighted by molar-refractivity contribution is -0.144. The van der Waals surface area contributed by atoms with Crippen molar-refractivity contribution in [3.63, 3.8) is 0 Å². The summed E-state index contributed by atoms with van der Waals surface area (Å²) in [7, 11) is 0. The third-order valence-corrected chi connectivity index (χ3v) is 8.98. The average Bonchev–Trinajstić information content (AvgIpc) is 3.40. The Morgan fingerprint density at radius 2 is 1.33 bits per heavy atom. The van der Waals surface area contributed by atoms with Crippen molar-refractivity contribution in [2.45, 2.75) is 46.5 Å². The van der Waals surface area contributed by atoms with Gasteiger partial charge < -0.3 is 4.74 Å². The Morgan fingerprint density at radius 1 is 0.744 bits per heavy atom. The molecule has 1 fully saturated rings. The Labute approximate surface area is 254 Å². The number of halogens is 1. The van der Waals surface area contributed by atoms with E-state index in [1.54, 1.807) is 0 Å². The number of carbonyl (C=O) groups is 1. The van der Waals surface area contributed by atoms with E-state index in [1.807, 2.05) is 43.3 Å². The monoisotopic (exact) mass is 568 g/mol. The van der Waals surface area contributed by atoms with Crippen LogP contribution in [0.25, 0.3) is 11.1 Å². The SMILES string of the molecule is CCOC(=O)CC12C(=C(c3ccccc3)c3ccccc31)C(C)(C)C(=C(C)C)/C2=C(/c1ccccc1)c1ccc(F)cc1. The molecule has 1 saturated carbocycles. The van der Waals surface area contributed by atoms with Crippen molar-refractivity contribution in [3.05, 3.63) is 165 Å². The Kier molecular flexibility index (Phi) is 7.30. The van der Waals surface area contributed by atoms with E-state index in [0.717, 1.165) is 39.0 Å². The number of hydrogen-bond donors (Lipinski definition) is 0. The summed E-state index contributed by atoms with van der Waals surface area (Å²) in [6.07, 6.45) is 0.163. The van der Waals surface area contributed by atoms with Crippen molar-refractivity contribution in [1.29, 1.82) is 0 Å². The van der Waals surface area contributed by atoms with E-state index >= 15 is 0 Å². The summed E-state index contributed by atoms with van der Waals surface area (Å²) < 4.78 is 20.1. The number of benzene rings is 4. The molecular weight excluding hydrogens is 531 g/mol. The smallest absolute Gasteiger partial charge is 0.307 e. The molecule has 2 aliphatic carbocycles. The number of esters is 1. The minimum Gasteiger partial charge on any atom is -0.466 e. The lowest BCUT2D eigenvalue weighted by Gasteiger charge is -2.33. The van der Waals surface area contributed by atoms with Gasteiger partial charge in [0.05, 0.1) is 18.4 Å². The van der Waals surface area contributed by atoms with Crippen LogP contribution in [0.2, 0.25) is 0 Å². The molecule has 3 heteroatoms. The third kappa shape index (κ3) is 4.50. The summed E-state index contributed by atoms with van der Waals surface area (Å²) in [4.78, 5) is 13.8. The van der Waals surface area contributed by atoms with Crippen LogP contribution in [0.15, 0.2) is 131 Å². The third-order valence-electron chi connectivity index (χ3n) is 8.98. The van der Waals surface area contributed by atoms with Crippen LogP contribution in [0.5, 0.6) is 0 Å². The van der Waals surface area contributed by atoms with Crippen molar-refractivity contribution < 1.29 is 13.9 Å². The highest BCUT2D eigenvalue weighted by atomic mass is 19.1. The molecule has 0 aliphatic heterocycles. The molecule has 0 aromatic heterocycles. The first-order valence-corrected chi connectivity index (χ1v) is 15.0. The van der Waals surface area contributed by atoms with Gasteiger partial charge >= 0.3 is 5.97 Å². The zero-order chi connectivity index (χ0) is 30.4. The predicted octanol–water partition coefficient (Wildman–Crippen LogP) is 9.71. The number of hydrogen-bond acceptors (Lipinski definition) is 2. The fourth-order valence-electron chi connectivity index (χ4n) is 7.81. The maximum atomic E-state index is 14.3. The van der Waals surface area contributed by atoms with Gasteiger partial charge in [0.15, 0.2) is 0 Å². The molecule has 216 valence electrons. The van der Waals surface area contributed by atoms with Gasteiger partial charge in [-0.3, -0.25) is 4.79 Å². The van der Waals surface area contributed by atoms with E-state index in [-0.39, 0.29) is 18.2 Å². The molecule has 2 nitrogen and oxygen atoms in total. The maximum Gasteiger partial charge on any atom is 0.307 e. The van der Waals surface area contributed by atoms with Gasteiger partial charge in [-0.2, -0.15) is 0 Å². The molecular formula is C40H37FO2. The largest absolute Gasteiger partial charge is 0.466 e.